The van der Waals surface area contributed by atoms with Crippen LogP contribution in [0.3, 0.4) is 0 Å². The number of amides is 1. The third-order valence-electron chi connectivity index (χ3n) is 4.48. The molecule has 8 heteroatoms. The van der Waals surface area contributed by atoms with Crippen molar-refractivity contribution in [3.05, 3.63) is 88.9 Å². The summed E-state index contributed by atoms with van der Waals surface area (Å²) >= 11 is 6.26. The third-order valence-corrected chi connectivity index (χ3v) is 6.19. The van der Waals surface area contributed by atoms with Gasteiger partial charge in [0.05, 0.1) is 34.3 Å². The molecule has 0 aromatic heterocycles. The van der Waals surface area contributed by atoms with E-state index >= 15 is 0 Å². The van der Waals surface area contributed by atoms with Gasteiger partial charge in [0.25, 0.3) is 15.9 Å². The fourth-order valence-corrected chi connectivity index (χ4v) is 4.16. The molecule has 0 saturated carbocycles. The van der Waals surface area contributed by atoms with Crippen molar-refractivity contribution in [3.63, 3.8) is 0 Å². The molecule has 0 aliphatic carbocycles. The molecule has 1 amide bonds. The fraction of sp³-hybridized carbons (Fsp3) is 0.136. The first-order valence-corrected chi connectivity index (χ1v) is 11.0. The minimum absolute atomic E-state index is 0.135. The molecule has 0 aliphatic heterocycles. The Morgan fingerprint density at radius 3 is 2.27 bits per heavy atom. The second-order valence-electron chi connectivity index (χ2n) is 6.58. The first-order valence-electron chi connectivity index (χ1n) is 9.12. The summed E-state index contributed by atoms with van der Waals surface area (Å²) in [6.45, 7) is 1.86. The van der Waals surface area contributed by atoms with E-state index in [1.165, 1.54) is 30.3 Å². The van der Waals surface area contributed by atoms with E-state index in [1.807, 2.05) is 31.2 Å². The summed E-state index contributed by atoms with van der Waals surface area (Å²) in [5, 5.41) is 3.02. The largest absolute Gasteiger partial charge is 0.497 e. The highest BCUT2D eigenvalue weighted by molar-refractivity contribution is 7.92. The fourth-order valence-electron chi connectivity index (χ4n) is 2.83. The van der Waals surface area contributed by atoms with Crippen molar-refractivity contribution in [2.24, 2.45) is 0 Å². The molecule has 156 valence electrons. The van der Waals surface area contributed by atoms with Crippen LogP contribution in [0.5, 0.6) is 5.75 Å². The highest BCUT2D eigenvalue weighted by atomic mass is 35.5. The number of hydrogen-bond donors (Lipinski definition) is 2. The lowest BCUT2D eigenvalue weighted by Gasteiger charge is -2.16. The highest BCUT2D eigenvalue weighted by Gasteiger charge is 2.17. The number of halogens is 1. The summed E-state index contributed by atoms with van der Waals surface area (Å²) in [5.74, 6) is 0.370. The Hall–Kier alpha value is -3.03. The molecule has 0 saturated heterocycles. The van der Waals surface area contributed by atoms with E-state index in [-0.39, 0.29) is 33.1 Å². The molecule has 0 bridgehead atoms. The zero-order chi connectivity index (χ0) is 21.7. The molecular weight excluding hydrogens is 424 g/mol. The molecule has 0 heterocycles. The van der Waals surface area contributed by atoms with Gasteiger partial charge in [-0.05, 0) is 55.0 Å². The standard InChI is InChI=1S/C22H21ClN2O4S/c1-15(16-8-11-18(29-2)12-9-16)24-22(26)20-13-10-17(14-21(20)23)25-30(27,28)19-6-4-3-5-7-19/h3-15,25H,1-2H3,(H,24,26)/t15-/m1/s1. The van der Waals surface area contributed by atoms with Gasteiger partial charge >= 0.3 is 0 Å². The average molecular weight is 445 g/mol. The number of nitrogens with one attached hydrogen (secondary N) is 2. The van der Waals surface area contributed by atoms with Gasteiger partial charge in [0.2, 0.25) is 0 Å². The van der Waals surface area contributed by atoms with E-state index < -0.39 is 10.0 Å². The van der Waals surface area contributed by atoms with Gasteiger partial charge in [-0.15, -0.1) is 0 Å². The Morgan fingerprint density at radius 1 is 1.00 bits per heavy atom. The zero-order valence-corrected chi connectivity index (χ0v) is 18.0. The molecule has 3 aromatic carbocycles. The number of benzene rings is 3. The molecule has 3 rings (SSSR count). The van der Waals surface area contributed by atoms with Gasteiger partial charge in [0.1, 0.15) is 5.75 Å². The van der Waals surface area contributed by atoms with Crippen molar-refractivity contribution in [1.29, 1.82) is 0 Å². The number of hydrogen-bond acceptors (Lipinski definition) is 4. The second kappa shape index (κ2) is 9.19. The summed E-state index contributed by atoms with van der Waals surface area (Å²) in [4.78, 5) is 12.8. The Balaban J connectivity index is 1.72. The van der Waals surface area contributed by atoms with Crippen LogP contribution in [0.25, 0.3) is 0 Å². The maximum absolute atomic E-state index is 12.6. The number of rotatable bonds is 7. The first-order chi connectivity index (χ1) is 14.3. The van der Waals surface area contributed by atoms with E-state index in [0.717, 1.165) is 11.3 Å². The molecular formula is C22H21ClN2O4S. The molecule has 0 radical (unpaired) electrons. The molecule has 0 spiro atoms. The number of methoxy groups -OCH3 is 1. The Bertz CT molecular complexity index is 1130. The maximum atomic E-state index is 12.6. The normalized spacial score (nSPS) is 12.1. The van der Waals surface area contributed by atoms with Crippen molar-refractivity contribution >= 4 is 33.2 Å². The van der Waals surface area contributed by atoms with Crippen LogP contribution < -0.4 is 14.8 Å². The minimum atomic E-state index is -3.74. The number of carbonyl (C=O) groups is 1. The first kappa shape index (κ1) is 21.7. The number of carbonyl (C=O) groups excluding carboxylic acids is 1. The minimum Gasteiger partial charge on any atom is -0.497 e. The van der Waals surface area contributed by atoms with E-state index in [2.05, 4.69) is 10.0 Å². The molecule has 0 aliphatic rings. The van der Waals surface area contributed by atoms with Gasteiger partial charge in [-0.3, -0.25) is 9.52 Å². The van der Waals surface area contributed by atoms with Crippen LogP contribution in [0, 0.1) is 0 Å². The monoisotopic (exact) mass is 444 g/mol. The van der Waals surface area contributed by atoms with Crippen molar-refractivity contribution in [2.45, 2.75) is 17.9 Å². The van der Waals surface area contributed by atoms with Crippen molar-refractivity contribution in [1.82, 2.24) is 5.32 Å². The second-order valence-corrected chi connectivity index (χ2v) is 8.67. The van der Waals surface area contributed by atoms with E-state index in [4.69, 9.17) is 16.3 Å². The summed E-state index contributed by atoms with van der Waals surface area (Å²) in [6.07, 6.45) is 0. The molecule has 6 nitrogen and oxygen atoms in total. The number of ether oxygens (including phenoxy) is 1. The molecule has 1 atom stereocenters. The SMILES string of the molecule is COc1ccc([C@@H](C)NC(=O)c2ccc(NS(=O)(=O)c3ccccc3)cc2Cl)cc1. The van der Waals surface area contributed by atoms with Crippen LogP contribution in [-0.4, -0.2) is 21.4 Å². The predicted molar refractivity (Wildman–Crippen MR) is 118 cm³/mol. The van der Waals surface area contributed by atoms with Crippen LogP contribution >= 0.6 is 11.6 Å². The highest BCUT2D eigenvalue weighted by Crippen LogP contribution is 2.24. The van der Waals surface area contributed by atoms with Gasteiger partial charge in [0, 0.05) is 0 Å². The summed E-state index contributed by atoms with van der Waals surface area (Å²) in [6, 6.07) is 19.5. The molecule has 0 unspecified atom stereocenters. The zero-order valence-electron chi connectivity index (χ0n) is 16.4. The third kappa shape index (κ3) is 5.11. The molecule has 2 N–H and O–H groups in total. The van der Waals surface area contributed by atoms with Crippen LogP contribution in [0.4, 0.5) is 5.69 Å². The Labute approximate surface area is 180 Å². The molecule has 3 aromatic rings. The Kier molecular flexibility index (Phi) is 6.64. The number of sulfonamides is 1. The molecule has 0 fully saturated rings. The Morgan fingerprint density at radius 2 is 1.67 bits per heavy atom. The maximum Gasteiger partial charge on any atom is 0.261 e. The predicted octanol–water partition coefficient (Wildman–Crippen LogP) is 4.64. The lowest BCUT2D eigenvalue weighted by atomic mass is 10.1. The van der Waals surface area contributed by atoms with E-state index in [1.54, 1.807) is 25.3 Å². The average Bonchev–Trinajstić information content (AvgIpc) is 2.74. The topological polar surface area (TPSA) is 84.5 Å². The number of anilines is 1. The van der Waals surface area contributed by atoms with Crippen molar-refractivity contribution < 1.29 is 17.9 Å². The van der Waals surface area contributed by atoms with Gasteiger partial charge < -0.3 is 10.1 Å². The summed E-state index contributed by atoms with van der Waals surface area (Å²) < 4.78 is 32.5. The smallest absolute Gasteiger partial charge is 0.261 e. The van der Waals surface area contributed by atoms with Gasteiger partial charge in [-0.1, -0.05) is 41.9 Å². The lowest BCUT2D eigenvalue weighted by Crippen LogP contribution is -2.27. The molecule has 30 heavy (non-hydrogen) atoms. The van der Waals surface area contributed by atoms with Gasteiger partial charge in [-0.2, -0.15) is 0 Å². The van der Waals surface area contributed by atoms with Crippen LogP contribution in [0.15, 0.2) is 77.7 Å². The summed E-state index contributed by atoms with van der Waals surface area (Å²) in [7, 11) is -2.15. The van der Waals surface area contributed by atoms with Gasteiger partial charge in [-0.25, -0.2) is 8.42 Å². The van der Waals surface area contributed by atoms with E-state index in [0.29, 0.717) is 0 Å². The van der Waals surface area contributed by atoms with Gasteiger partial charge in [0.15, 0.2) is 0 Å². The van der Waals surface area contributed by atoms with Crippen LogP contribution in [0.1, 0.15) is 28.9 Å². The van der Waals surface area contributed by atoms with Crippen LogP contribution in [0.2, 0.25) is 5.02 Å². The van der Waals surface area contributed by atoms with Crippen LogP contribution in [-0.2, 0) is 10.0 Å². The van der Waals surface area contributed by atoms with E-state index in [9.17, 15) is 13.2 Å². The van der Waals surface area contributed by atoms with Crippen molar-refractivity contribution in [3.8, 4) is 5.75 Å². The lowest BCUT2D eigenvalue weighted by molar-refractivity contribution is 0.0940. The quantitative estimate of drug-likeness (QED) is 0.556. The van der Waals surface area contributed by atoms with Crippen molar-refractivity contribution in [2.75, 3.05) is 11.8 Å². The summed E-state index contributed by atoms with van der Waals surface area (Å²) in [5.41, 5.74) is 1.43.